The van der Waals surface area contributed by atoms with Gasteiger partial charge < -0.3 is 15.8 Å². The number of nitrogens with two attached hydrogens (primary N) is 1. The molecule has 0 aliphatic rings. The second-order valence-corrected chi connectivity index (χ2v) is 5.50. The van der Waals surface area contributed by atoms with E-state index in [0.29, 0.717) is 23.6 Å². The molecule has 0 radical (unpaired) electrons. The molecular formula is C16H17BrN2O2. The van der Waals surface area contributed by atoms with Gasteiger partial charge in [-0.25, -0.2) is 0 Å². The van der Waals surface area contributed by atoms with Crippen LogP contribution in [0.4, 0.5) is 11.4 Å². The average molecular weight is 349 g/mol. The highest BCUT2D eigenvalue weighted by Gasteiger charge is 2.09. The van der Waals surface area contributed by atoms with Crippen LogP contribution in [-0.2, 0) is 0 Å². The summed E-state index contributed by atoms with van der Waals surface area (Å²) in [7, 11) is 0. The molecule has 3 N–H and O–H groups in total. The van der Waals surface area contributed by atoms with E-state index in [-0.39, 0.29) is 5.91 Å². The van der Waals surface area contributed by atoms with Gasteiger partial charge in [-0.3, -0.25) is 4.79 Å². The van der Waals surface area contributed by atoms with Crippen molar-refractivity contribution >= 4 is 33.2 Å². The van der Waals surface area contributed by atoms with Crippen LogP contribution in [0, 0.1) is 6.92 Å². The molecule has 0 aliphatic heterocycles. The van der Waals surface area contributed by atoms with Gasteiger partial charge in [0.1, 0.15) is 5.75 Å². The van der Waals surface area contributed by atoms with Crippen LogP contribution in [0.3, 0.4) is 0 Å². The fourth-order valence-corrected chi connectivity index (χ4v) is 2.26. The first-order chi connectivity index (χ1) is 9.99. The van der Waals surface area contributed by atoms with E-state index >= 15 is 0 Å². The van der Waals surface area contributed by atoms with Crippen molar-refractivity contribution in [1.82, 2.24) is 0 Å². The number of rotatable bonds is 4. The van der Waals surface area contributed by atoms with Crippen LogP contribution in [0.5, 0.6) is 5.75 Å². The number of carbonyl (C=O) groups excluding carboxylic acids is 1. The van der Waals surface area contributed by atoms with Gasteiger partial charge in [0, 0.05) is 27.5 Å². The van der Waals surface area contributed by atoms with Gasteiger partial charge in [-0.2, -0.15) is 0 Å². The summed E-state index contributed by atoms with van der Waals surface area (Å²) in [4.78, 5) is 12.3. The Bertz CT molecular complexity index is 671. The Morgan fingerprint density at radius 1 is 1.29 bits per heavy atom. The number of nitrogens with one attached hydrogen (secondary N) is 1. The number of hydrogen-bond donors (Lipinski definition) is 2. The van der Waals surface area contributed by atoms with Crippen molar-refractivity contribution < 1.29 is 9.53 Å². The summed E-state index contributed by atoms with van der Waals surface area (Å²) in [5, 5.41) is 2.84. The third-order valence-corrected chi connectivity index (χ3v) is 3.79. The molecule has 0 spiro atoms. The van der Waals surface area contributed by atoms with E-state index in [2.05, 4.69) is 21.2 Å². The molecule has 0 aromatic heterocycles. The highest BCUT2D eigenvalue weighted by Crippen LogP contribution is 2.23. The van der Waals surface area contributed by atoms with Crippen molar-refractivity contribution in [2.45, 2.75) is 13.8 Å². The Hall–Kier alpha value is -2.01. The maximum absolute atomic E-state index is 12.3. The lowest BCUT2D eigenvalue weighted by atomic mass is 10.1. The van der Waals surface area contributed by atoms with E-state index < -0.39 is 0 Å². The van der Waals surface area contributed by atoms with E-state index in [1.54, 1.807) is 18.2 Å². The minimum Gasteiger partial charge on any atom is -0.494 e. The van der Waals surface area contributed by atoms with E-state index in [1.807, 2.05) is 32.0 Å². The van der Waals surface area contributed by atoms with Crippen molar-refractivity contribution in [2.24, 2.45) is 0 Å². The number of carbonyl (C=O) groups is 1. The number of aryl methyl sites for hydroxylation is 1. The molecule has 4 nitrogen and oxygen atoms in total. The summed E-state index contributed by atoms with van der Waals surface area (Å²) < 4.78 is 6.34. The molecule has 0 unspecified atom stereocenters. The molecular weight excluding hydrogens is 332 g/mol. The van der Waals surface area contributed by atoms with Gasteiger partial charge >= 0.3 is 0 Å². The number of ether oxygens (including phenoxy) is 1. The summed E-state index contributed by atoms with van der Waals surface area (Å²) >= 11 is 3.44. The Balaban J connectivity index is 2.21. The maximum Gasteiger partial charge on any atom is 0.255 e. The smallest absolute Gasteiger partial charge is 0.255 e. The lowest BCUT2D eigenvalue weighted by molar-refractivity contribution is 0.102. The van der Waals surface area contributed by atoms with Crippen LogP contribution in [0.2, 0.25) is 0 Å². The number of anilines is 2. The molecule has 0 aliphatic carbocycles. The third kappa shape index (κ3) is 3.98. The highest BCUT2D eigenvalue weighted by molar-refractivity contribution is 9.10. The van der Waals surface area contributed by atoms with Crippen LogP contribution >= 0.6 is 15.9 Å². The summed E-state index contributed by atoms with van der Waals surface area (Å²) in [6.07, 6.45) is 0. The predicted molar refractivity (Wildman–Crippen MR) is 88.9 cm³/mol. The van der Waals surface area contributed by atoms with Gasteiger partial charge in [0.25, 0.3) is 5.91 Å². The zero-order valence-electron chi connectivity index (χ0n) is 11.9. The van der Waals surface area contributed by atoms with Crippen molar-refractivity contribution in [3.63, 3.8) is 0 Å². The molecule has 0 bridgehead atoms. The van der Waals surface area contributed by atoms with Gasteiger partial charge in [-0.15, -0.1) is 0 Å². The number of benzene rings is 2. The molecule has 0 fully saturated rings. The topological polar surface area (TPSA) is 64.3 Å². The second-order valence-electron chi connectivity index (χ2n) is 4.64. The molecule has 2 rings (SSSR count). The first-order valence-electron chi connectivity index (χ1n) is 6.60. The summed E-state index contributed by atoms with van der Waals surface area (Å²) in [5.41, 5.74) is 8.59. The fraction of sp³-hybridized carbons (Fsp3) is 0.188. The summed E-state index contributed by atoms with van der Waals surface area (Å²) in [6.45, 7) is 4.39. The van der Waals surface area contributed by atoms with E-state index in [1.165, 1.54) is 0 Å². The Morgan fingerprint density at radius 2 is 2.05 bits per heavy atom. The zero-order valence-corrected chi connectivity index (χ0v) is 13.5. The third-order valence-electron chi connectivity index (χ3n) is 2.93. The van der Waals surface area contributed by atoms with Gasteiger partial charge in [0.05, 0.1) is 6.61 Å². The van der Waals surface area contributed by atoms with Crippen LogP contribution in [0.1, 0.15) is 22.8 Å². The predicted octanol–water partition coefficient (Wildman–Crippen LogP) is 3.99. The molecule has 0 atom stereocenters. The quantitative estimate of drug-likeness (QED) is 0.821. The van der Waals surface area contributed by atoms with Gasteiger partial charge in [0.15, 0.2) is 0 Å². The van der Waals surface area contributed by atoms with Crippen molar-refractivity contribution in [1.29, 1.82) is 0 Å². The van der Waals surface area contributed by atoms with Gasteiger partial charge in [0.2, 0.25) is 0 Å². The second kappa shape index (κ2) is 6.63. The first kappa shape index (κ1) is 15.4. The van der Waals surface area contributed by atoms with Crippen molar-refractivity contribution in [3.05, 3.63) is 52.0 Å². The molecule has 110 valence electrons. The summed E-state index contributed by atoms with van der Waals surface area (Å²) in [6, 6.07) is 10.7. The molecule has 1 amide bonds. The number of nitrogen functional groups attached to an aromatic ring is 1. The molecule has 0 saturated heterocycles. The van der Waals surface area contributed by atoms with Crippen LogP contribution in [-0.4, -0.2) is 12.5 Å². The largest absolute Gasteiger partial charge is 0.494 e. The number of halogens is 1. The number of amides is 1. The molecule has 21 heavy (non-hydrogen) atoms. The SMILES string of the molecule is CCOc1cc(N)cc(C(=O)Nc2ccc(C)c(Br)c2)c1. The Kier molecular flexibility index (Phi) is 4.85. The van der Waals surface area contributed by atoms with Gasteiger partial charge in [-0.1, -0.05) is 22.0 Å². The van der Waals surface area contributed by atoms with Crippen molar-refractivity contribution in [2.75, 3.05) is 17.7 Å². The normalized spacial score (nSPS) is 10.2. The molecule has 0 heterocycles. The van der Waals surface area contributed by atoms with Crippen LogP contribution < -0.4 is 15.8 Å². The summed E-state index contributed by atoms with van der Waals surface area (Å²) in [5.74, 6) is 0.367. The van der Waals surface area contributed by atoms with E-state index in [0.717, 1.165) is 15.7 Å². The molecule has 2 aromatic carbocycles. The minimum atomic E-state index is -0.223. The van der Waals surface area contributed by atoms with Gasteiger partial charge in [-0.05, 0) is 43.7 Å². The lowest BCUT2D eigenvalue weighted by Crippen LogP contribution is -2.12. The first-order valence-corrected chi connectivity index (χ1v) is 7.39. The zero-order chi connectivity index (χ0) is 15.4. The Labute approximate surface area is 132 Å². The Morgan fingerprint density at radius 3 is 2.71 bits per heavy atom. The standard InChI is InChI=1S/C16H17BrN2O2/c1-3-21-14-7-11(6-12(18)8-14)16(20)19-13-5-4-10(2)15(17)9-13/h4-9H,3,18H2,1-2H3,(H,19,20). The molecule has 2 aromatic rings. The number of hydrogen-bond acceptors (Lipinski definition) is 3. The van der Waals surface area contributed by atoms with E-state index in [4.69, 9.17) is 10.5 Å². The highest BCUT2D eigenvalue weighted by atomic mass is 79.9. The lowest BCUT2D eigenvalue weighted by Gasteiger charge is -2.10. The molecule has 5 heteroatoms. The van der Waals surface area contributed by atoms with Crippen molar-refractivity contribution in [3.8, 4) is 5.75 Å². The monoisotopic (exact) mass is 348 g/mol. The fourth-order valence-electron chi connectivity index (χ4n) is 1.88. The minimum absolute atomic E-state index is 0.223. The van der Waals surface area contributed by atoms with Crippen LogP contribution in [0.25, 0.3) is 0 Å². The van der Waals surface area contributed by atoms with Crippen LogP contribution in [0.15, 0.2) is 40.9 Å². The molecule has 0 saturated carbocycles. The van der Waals surface area contributed by atoms with E-state index in [9.17, 15) is 4.79 Å². The average Bonchev–Trinajstić information content (AvgIpc) is 2.42. The maximum atomic E-state index is 12.3.